The molecule has 0 unspecified atom stereocenters. The van der Waals surface area contributed by atoms with Crippen LogP contribution in [0.2, 0.25) is 0 Å². The summed E-state index contributed by atoms with van der Waals surface area (Å²) in [5, 5.41) is 3.21. The van der Waals surface area contributed by atoms with Crippen LogP contribution in [-0.4, -0.2) is 18.5 Å². The van der Waals surface area contributed by atoms with Crippen molar-refractivity contribution in [2.45, 2.75) is 26.8 Å². The molecule has 0 aliphatic carbocycles. The van der Waals surface area contributed by atoms with Crippen molar-refractivity contribution in [3.05, 3.63) is 72.1 Å². The van der Waals surface area contributed by atoms with Crippen LogP contribution in [0.5, 0.6) is 0 Å². The zero-order valence-electron chi connectivity index (χ0n) is 12.8. The van der Waals surface area contributed by atoms with Crippen LogP contribution in [0.25, 0.3) is 0 Å². The van der Waals surface area contributed by atoms with Crippen LogP contribution >= 0.6 is 0 Å². The van der Waals surface area contributed by atoms with E-state index in [4.69, 9.17) is 0 Å². The van der Waals surface area contributed by atoms with Crippen molar-refractivity contribution in [2.24, 2.45) is 0 Å². The van der Waals surface area contributed by atoms with Crippen molar-refractivity contribution in [3.8, 4) is 0 Å². The molecule has 1 aromatic rings. The van der Waals surface area contributed by atoms with Gasteiger partial charge in [-0.15, -0.1) is 0 Å². The topological polar surface area (TPSA) is 15.3 Å². The Morgan fingerprint density at radius 2 is 1.90 bits per heavy atom. The molecule has 0 fully saturated rings. The molecule has 0 bridgehead atoms. The Morgan fingerprint density at radius 3 is 2.50 bits per heavy atom. The molecule has 0 amide bonds. The zero-order valence-corrected chi connectivity index (χ0v) is 12.8. The van der Waals surface area contributed by atoms with Crippen LogP contribution in [0.1, 0.15) is 25.8 Å². The Morgan fingerprint density at radius 1 is 1.15 bits per heavy atom. The van der Waals surface area contributed by atoms with Crippen molar-refractivity contribution in [1.82, 2.24) is 10.2 Å². The molecule has 1 aromatic carbocycles. The lowest BCUT2D eigenvalue weighted by molar-refractivity contribution is 0.436. The fraction of sp³-hybridized carbons (Fsp3) is 0.333. The van der Waals surface area contributed by atoms with Crippen molar-refractivity contribution < 1.29 is 0 Å². The van der Waals surface area contributed by atoms with E-state index in [0.717, 1.165) is 19.5 Å². The van der Waals surface area contributed by atoms with Gasteiger partial charge in [-0.25, -0.2) is 0 Å². The Bertz CT molecular complexity index is 444. The van der Waals surface area contributed by atoms with E-state index in [-0.39, 0.29) is 0 Å². The molecule has 0 heterocycles. The highest BCUT2D eigenvalue weighted by Crippen LogP contribution is 2.14. The van der Waals surface area contributed by atoms with Gasteiger partial charge < -0.3 is 10.2 Å². The van der Waals surface area contributed by atoms with Gasteiger partial charge in [0.2, 0.25) is 0 Å². The zero-order chi connectivity index (χ0) is 14.6. The molecule has 20 heavy (non-hydrogen) atoms. The minimum absolute atomic E-state index is 0.901. The van der Waals surface area contributed by atoms with Gasteiger partial charge >= 0.3 is 0 Å². The minimum atomic E-state index is 0.901. The Labute approximate surface area is 123 Å². The number of hydrogen-bond donors (Lipinski definition) is 1. The van der Waals surface area contributed by atoms with Crippen LogP contribution in [0.4, 0.5) is 0 Å². The molecule has 1 N–H and O–H groups in total. The second-order valence-corrected chi connectivity index (χ2v) is 4.61. The first-order chi connectivity index (χ1) is 9.81. The van der Waals surface area contributed by atoms with Crippen LogP contribution in [0.15, 0.2) is 66.5 Å². The molecular weight excluding hydrogens is 244 g/mol. The first-order valence-electron chi connectivity index (χ1n) is 7.21. The van der Waals surface area contributed by atoms with E-state index in [1.807, 2.05) is 20.0 Å². The van der Waals surface area contributed by atoms with Gasteiger partial charge in [-0.3, -0.25) is 0 Å². The highest BCUT2D eigenvalue weighted by Gasteiger charge is 2.06. The molecule has 0 aliphatic heterocycles. The lowest BCUT2D eigenvalue weighted by atomic mass is 10.2. The van der Waals surface area contributed by atoms with E-state index in [2.05, 4.69) is 71.9 Å². The minimum Gasteiger partial charge on any atom is -0.347 e. The second kappa shape index (κ2) is 10.0. The average molecular weight is 270 g/mol. The van der Waals surface area contributed by atoms with E-state index >= 15 is 0 Å². The standard InChI is InChI=1S/C18H26N2/c1-4-6-10-15-20(18(5-2)13-14-19-3)16-17-11-8-7-9-12-17/h4-12,15,19H,13-14,16H2,1-3H3/b6-4+,15-10+,18-5+. The van der Waals surface area contributed by atoms with E-state index in [0.29, 0.717) is 0 Å². The van der Waals surface area contributed by atoms with Crippen LogP contribution < -0.4 is 5.32 Å². The number of allylic oxidation sites excluding steroid dienone is 4. The van der Waals surface area contributed by atoms with Crippen molar-refractivity contribution in [2.75, 3.05) is 13.6 Å². The lowest BCUT2D eigenvalue weighted by Gasteiger charge is -2.24. The van der Waals surface area contributed by atoms with Gasteiger partial charge in [-0.2, -0.15) is 0 Å². The highest BCUT2D eigenvalue weighted by molar-refractivity contribution is 5.18. The second-order valence-electron chi connectivity index (χ2n) is 4.61. The van der Waals surface area contributed by atoms with Gasteiger partial charge in [0, 0.05) is 25.0 Å². The largest absolute Gasteiger partial charge is 0.347 e. The van der Waals surface area contributed by atoms with E-state index < -0.39 is 0 Å². The SMILES string of the molecule is C/C=C/C=C/N(Cc1ccccc1)/C(=C/C)CCNC. The molecule has 2 nitrogen and oxygen atoms in total. The van der Waals surface area contributed by atoms with Gasteiger partial charge in [0.15, 0.2) is 0 Å². The van der Waals surface area contributed by atoms with Crippen LogP contribution in [0, 0.1) is 0 Å². The monoisotopic (exact) mass is 270 g/mol. The van der Waals surface area contributed by atoms with Crippen molar-refractivity contribution >= 4 is 0 Å². The van der Waals surface area contributed by atoms with Gasteiger partial charge in [0.25, 0.3) is 0 Å². The molecule has 2 heteroatoms. The summed E-state index contributed by atoms with van der Waals surface area (Å²) in [7, 11) is 1.99. The molecular formula is C18H26N2. The fourth-order valence-corrected chi connectivity index (χ4v) is 2.00. The van der Waals surface area contributed by atoms with E-state index in [1.165, 1.54) is 11.3 Å². The van der Waals surface area contributed by atoms with Crippen LogP contribution in [0.3, 0.4) is 0 Å². The smallest absolute Gasteiger partial charge is 0.0472 e. The molecule has 0 atom stereocenters. The van der Waals surface area contributed by atoms with Crippen molar-refractivity contribution in [1.29, 1.82) is 0 Å². The molecule has 1 rings (SSSR count). The third-order valence-corrected chi connectivity index (χ3v) is 3.10. The molecule has 108 valence electrons. The summed E-state index contributed by atoms with van der Waals surface area (Å²) in [6, 6.07) is 10.6. The molecule has 0 saturated heterocycles. The average Bonchev–Trinajstić information content (AvgIpc) is 2.49. The predicted octanol–water partition coefficient (Wildman–Crippen LogP) is 4.09. The summed E-state index contributed by atoms with van der Waals surface area (Å²) in [5.74, 6) is 0. The van der Waals surface area contributed by atoms with E-state index in [9.17, 15) is 0 Å². The number of rotatable bonds is 8. The third-order valence-electron chi connectivity index (χ3n) is 3.10. The number of hydrogen-bond acceptors (Lipinski definition) is 2. The number of nitrogens with zero attached hydrogens (tertiary/aromatic N) is 1. The third kappa shape index (κ3) is 5.89. The summed E-state index contributed by atoms with van der Waals surface area (Å²) in [5.41, 5.74) is 2.66. The Kier molecular flexibility index (Phi) is 8.16. The summed E-state index contributed by atoms with van der Waals surface area (Å²) in [6.45, 7) is 6.02. The molecule has 0 spiro atoms. The van der Waals surface area contributed by atoms with Gasteiger partial charge in [-0.1, -0.05) is 48.6 Å². The molecule has 0 radical (unpaired) electrons. The number of nitrogens with one attached hydrogen (secondary N) is 1. The first-order valence-corrected chi connectivity index (χ1v) is 7.21. The summed E-state index contributed by atoms with van der Waals surface area (Å²) in [4.78, 5) is 2.31. The summed E-state index contributed by atoms with van der Waals surface area (Å²) < 4.78 is 0. The predicted molar refractivity (Wildman–Crippen MR) is 88.2 cm³/mol. The summed E-state index contributed by atoms with van der Waals surface area (Å²) >= 11 is 0. The lowest BCUT2D eigenvalue weighted by Crippen LogP contribution is -2.20. The van der Waals surface area contributed by atoms with Crippen LogP contribution in [-0.2, 0) is 6.54 Å². The maximum Gasteiger partial charge on any atom is 0.0472 e. The fourth-order valence-electron chi connectivity index (χ4n) is 2.00. The summed E-state index contributed by atoms with van der Waals surface area (Å²) in [6.07, 6.45) is 11.6. The molecule has 0 saturated carbocycles. The number of benzene rings is 1. The van der Waals surface area contributed by atoms with Crippen molar-refractivity contribution in [3.63, 3.8) is 0 Å². The first kappa shape index (κ1) is 16.3. The van der Waals surface area contributed by atoms with Gasteiger partial charge in [0.1, 0.15) is 0 Å². The Hall–Kier alpha value is -1.80. The van der Waals surface area contributed by atoms with Gasteiger partial charge in [-0.05, 0) is 39.0 Å². The normalized spacial score (nSPS) is 12.4. The highest BCUT2D eigenvalue weighted by atomic mass is 15.1. The molecule has 0 aliphatic rings. The maximum atomic E-state index is 3.21. The maximum absolute atomic E-state index is 3.21. The van der Waals surface area contributed by atoms with E-state index in [1.54, 1.807) is 0 Å². The molecule has 0 aromatic heterocycles. The van der Waals surface area contributed by atoms with Gasteiger partial charge in [0.05, 0.1) is 0 Å². The Balaban J connectivity index is 2.83. The quantitative estimate of drug-likeness (QED) is 0.716.